The van der Waals surface area contributed by atoms with Crippen molar-refractivity contribution in [3.63, 3.8) is 0 Å². The Morgan fingerprint density at radius 2 is 2.08 bits per heavy atom. The van der Waals surface area contributed by atoms with Crippen molar-refractivity contribution in [2.75, 3.05) is 12.3 Å². The number of nitro benzene ring substituents is 1. The van der Waals surface area contributed by atoms with Gasteiger partial charge in [0.1, 0.15) is 22.8 Å². The fourth-order valence-electron chi connectivity index (χ4n) is 2.46. The number of carbonyl (C=O) groups is 1. The number of hydrogen-bond acceptors (Lipinski definition) is 6. The van der Waals surface area contributed by atoms with Gasteiger partial charge >= 0.3 is 0 Å². The molecule has 8 heteroatoms. The molecule has 1 aromatic heterocycles. The average molecular weight is 333 g/mol. The van der Waals surface area contributed by atoms with Crippen molar-refractivity contribution in [3.8, 4) is 0 Å². The molecule has 128 valence electrons. The zero-order valence-corrected chi connectivity index (χ0v) is 13.6. The lowest BCUT2D eigenvalue weighted by atomic mass is 9.96. The number of furan rings is 1. The van der Waals surface area contributed by atoms with E-state index in [1.54, 1.807) is 26.8 Å². The van der Waals surface area contributed by atoms with E-state index in [9.17, 15) is 20.0 Å². The van der Waals surface area contributed by atoms with E-state index in [2.05, 4.69) is 5.32 Å². The summed E-state index contributed by atoms with van der Waals surface area (Å²) in [5, 5.41) is 24.0. The SMILES string of the molecule is Cc1cc(C(C)(O)CNC(=O)c2ccc(N)c([N+](=O)[O-])c2)c(C)o1. The maximum atomic E-state index is 12.2. The van der Waals surface area contributed by atoms with E-state index in [0.29, 0.717) is 17.1 Å². The highest BCUT2D eigenvalue weighted by Crippen LogP contribution is 2.27. The van der Waals surface area contributed by atoms with Gasteiger partial charge in [0.2, 0.25) is 0 Å². The lowest BCUT2D eigenvalue weighted by molar-refractivity contribution is -0.383. The molecule has 4 N–H and O–H groups in total. The van der Waals surface area contributed by atoms with Crippen LogP contribution in [0.3, 0.4) is 0 Å². The second-order valence-corrected chi connectivity index (χ2v) is 5.81. The first kappa shape index (κ1) is 17.5. The van der Waals surface area contributed by atoms with Gasteiger partial charge in [-0.25, -0.2) is 0 Å². The van der Waals surface area contributed by atoms with Crippen LogP contribution in [0.5, 0.6) is 0 Å². The van der Waals surface area contributed by atoms with Crippen LogP contribution >= 0.6 is 0 Å². The Morgan fingerprint density at radius 1 is 1.42 bits per heavy atom. The summed E-state index contributed by atoms with van der Waals surface area (Å²) in [6.45, 7) is 4.96. The minimum Gasteiger partial charge on any atom is -0.466 e. The molecule has 8 nitrogen and oxygen atoms in total. The molecule has 0 fully saturated rings. The van der Waals surface area contributed by atoms with Crippen LogP contribution in [0.15, 0.2) is 28.7 Å². The van der Waals surface area contributed by atoms with Gasteiger partial charge in [-0.3, -0.25) is 14.9 Å². The Bertz CT molecular complexity index is 795. The number of amides is 1. The summed E-state index contributed by atoms with van der Waals surface area (Å²) in [5.41, 5.74) is 4.47. The molecule has 2 rings (SSSR count). The number of rotatable bonds is 5. The van der Waals surface area contributed by atoms with Crippen molar-refractivity contribution in [3.05, 3.63) is 57.0 Å². The topological polar surface area (TPSA) is 132 Å². The number of nitrogens with zero attached hydrogens (tertiary/aromatic N) is 1. The molecule has 24 heavy (non-hydrogen) atoms. The molecule has 1 atom stereocenters. The summed E-state index contributed by atoms with van der Waals surface area (Å²) in [7, 11) is 0. The van der Waals surface area contributed by atoms with E-state index in [0.717, 1.165) is 6.07 Å². The number of aliphatic hydroxyl groups is 1. The first-order valence-corrected chi connectivity index (χ1v) is 7.24. The number of nitrogens with one attached hydrogen (secondary N) is 1. The predicted octanol–water partition coefficient (Wildman–Crippen LogP) is 2.02. The maximum Gasteiger partial charge on any atom is 0.292 e. The third kappa shape index (κ3) is 3.54. The number of hydrogen-bond donors (Lipinski definition) is 3. The summed E-state index contributed by atoms with van der Waals surface area (Å²) in [6, 6.07) is 5.50. The largest absolute Gasteiger partial charge is 0.466 e. The third-order valence-electron chi connectivity index (χ3n) is 3.70. The van der Waals surface area contributed by atoms with E-state index >= 15 is 0 Å². The molecule has 0 aliphatic rings. The highest BCUT2D eigenvalue weighted by atomic mass is 16.6. The summed E-state index contributed by atoms with van der Waals surface area (Å²) in [5.74, 6) is 0.675. The fourth-order valence-corrected chi connectivity index (χ4v) is 2.46. The van der Waals surface area contributed by atoms with Crippen LogP contribution in [-0.2, 0) is 5.60 Å². The summed E-state index contributed by atoms with van der Waals surface area (Å²) >= 11 is 0. The van der Waals surface area contributed by atoms with E-state index in [1.807, 2.05) is 0 Å². The number of nitrogens with two attached hydrogens (primary N) is 1. The second kappa shape index (κ2) is 6.32. The van der Waals surface area contributed by atoms with E-state index in [1.165, 1.54) is 12.1 Å². The Morgan fingerprint density at radius 3 is 2.62 bits per heavy atom. The average Bonchev–Trinajstić information content (AvgIpc) is 2.84. The van der Waals surface area contributed by atoms with Gasteiger partial charge in [0.25, 0.3) is 11.6 Å². The smallest absolute Gasteiger partial charge is 0.292 e. The van der Waals surface area contributed by atoms with Crippen molar-refractivity contribution in [2.24, 2.45) is 0 Å². The molecule has 1 aromatic carbocycles. The van der Waals surface area contributed by atoms with E-state index < -0.39 is 16.4 Å². The van der Waals surface area contributed by atoms with Crippen LogP contribution in [0.25, 0.3) is 0 Å². The first-order chi connectivity index (χ1) is 11.1. The number of aryl methyl sites for hydroxylation is 2. The highest BCUT2D eigenvalue weighted by Gasteiger charge is 2.28. The molecule has 0 saturated carbocycles. The zero-order valence-electron chi connectivity index (χ0n) is 13.6. The molecule has 0 spiro atoms. The quantitative estimate of drug-likeness (QED) is 0.436. The normalized spacial score (nSPS) is 13.3. The van der Waals surface area contributed by atoms with Crippen LogP contribution < -0.4 is 11.1 Å². The number of nitrogen functional groups attached to an aromatic ring is 1. The van der Waals surface area contributed by atoms with Crippen LogP contribution in [0.2, 0.25) is 0 Å². The zero-order chi connectivity index (χ0) is 18.1. The Kier molecular flexibility index (Phi) is 4.61. The van der Waals surface area contributed by atoms with Gasteiger partial charge in [-0.1, -0.05) is 0 Å². The molecule has 2 aromatic rings. The lowest BCUT2D eigenvalue weighted by Crippen LogP contribution is -2.38. The minimum atomic E-state index is -1.34. The standard InChI is InChI=1S/C16H19N3O5/c1-9-6-12(10(2)24-9)16(3,21)8-18-15(20)11-4-5-13(17)14(7-11)19(22)23/h4-7,21H,8,17H2,1-3H3,(H,18,20). The van der Waals surface area contributed by atoms with Gasteiger partial charge < -0.3 is 20.6 Å². The highest BCUT2D eigenvalue weighted by molar-refractivity contribution is 5.95. The predicted molar refractivity (Wildman–Crippen MR) is 87.6 cm³/mol. The first-order valence-electron chi connectivity index (χ1n) is 7.24. The number of anilines is 1. The molecule has 1 heterocycles. The number of benzene rings is 1. The number of nitro groups is 1. The van der Waals surface area contributed by atoms with Gasteiger partial charge in [-0.05, 0) is 39.0 Å². The summed E-state index contributed by atoms with van der Waals surface area (Å²) in [4.78, 5) is 22.4. The molecule has 0 saturated heterocycles. The van der Waals surface area contributed by atoms with Gasteiger partial charge in [-0.15, -0.1) is 0 Å². The minimum absolute atomic E-state index is 0.0203. The van der Waals surface area contributed by atoms with Crippen molar-refractivity contribution >= 4 is 17.3 Å². The van der Waals surface area contributed by atoms with Crippen molar-refractivity contribution in [2.45, 2.75) is 26.4 Å². The van der Waals surface area contributed by atoms with Crippen molar-refractivity contribution in [1.29, 1.82) is 0 Å². The molecule has 1 amide bonds. The molecule has 0 aliphatic heterocycles. The second-order valence-electron chi connectivity index (χ2n) is 5.81. The van der Waals surface area contributed by atoms with Gasteiger partial charge in [0.15, 0.2) is 0 Å². The summed E-state index contributed by atoms with van der Waals surface area (Å²) in [6.07, 6.45) is 0. The fraction of sp³-hybridized carbons (Fsp3) is 0.312. The monoisotopic (exact) mass is 333 g/mol. The Balaban J connectivity index is 2.14. The molecule has 0 bridgehead atoms. The lowest BCUT2D eigenvalue weighted by Gasteiger charge is -2.23. The summed E-state index contributed by atoms with van der Waals surface area (Å²) < 4.78 is 5.39. The van der Waals surface area contributed by atoms with Gasteiger partial charge in [0, 0.05) is 17.2 Å². The molecular formula is C16H19N3O5. The van der Waals surface area contributed by atoms with Crippen molar-refractivity contribution in [1.82, 2.24) is 5.32 Å². The van der Waals surface area contributed by atoms with Gasteiger partial charge in [-0.2, -0.15) is 0 Å². The van der Waals surface area contributed by atoms with Crippen LogP contribution in [0.4, 0.5) is 11.4 Å². The van der Waals surface area contributed by atoms with Crippen molar-refractivity contribution < 1.29 is 19.2 Å². The van der Waals surface area contributed by atoms with E-state index in [4.69, 9.17) is 10.2 Å². The third-order valence-corrected chi connectivity index (χ3v) is 3.70. The number of carbonyl (C=O) groups excluding carboxylic acids is 1. The molecule has 0 aliphatic carbocycles. The van der Waals surface area contributed by atoms with E-state index in [-0.39, 0.29) is 23.5 Å². The van der Waals surface area contributed by atoms with Crippen LogP contribution in [0.1, 0.15) is 34.4 Å². The Labute approximate surface area is 138 Å². The maximum absolute atomic E-state index is 12.2. The van der Waals surface area contributed by atoms with Crippen LogP contribution in [0, 0.1) is 24.0 Å². The molecular weight excluding hydrogens is 314 g/mol. The Hall–Kier alpha value is -2.87. The van der Waals surface area contributed by atoms with Crippen LogP contribution in [-0.4, -0.2) is 22.5 Å². The van der Waals surface area contributed by atoms with Gasteiger partial charge in [0.05, 0.1) is 11.5 Å². The molecule has 1 unspecified atom stereocenters. The molecule has 0 radical (unpaired) electrons.